The highest BCUT2D eigenvalue weighted by Gasteiger charge is 2.33. The van der Waals surface area contributed by atoms with Gasteiger partial charge in [0.1, 0.15) is 11.5 Å². The Kier molecular flexibility index (Phi) is 7.12. The SMILES string of the molecule is COc1ccc([C@@H](C)C(C(=O)Nc2cccc3cccnc23)[C@@H](C)c2ccc(OC)cc2)cc1. The zero-order valence-electron chi connectivity index (χ0n) is 20.0. The summed E-state index contributed by atoms with van der Waals surface area (Å²) in [5, 5.41) is 4.17. The number of para-hydroxylation sites is 1. The molecule has 0 spiro atoms. The van der Waals surface area contributed by atoms with Crippen LogP contribution < -0.4 is 14.8 Å². The number of methoxy groups -OCH3 is 2. The van der Waals surface area contributed by atoms with Crippen LogP contribution in [-0.4, -0.2) is 25.1 Å². The second-order valence-electron chi connectivity index (χ2n) is 8.52. The van der Waals surface area contributed by atoms with Crippen LogP contribution in [0.3, 0.4) is 0 Å². The highest BCUT2D eigenvalue weighted by molar-refractivity contribution is 6.01. The summed E-state index contributed by atoms with van der Waals surface area (Å²) in [6.07, 6.45) is 1.75. The first-order valence-electron chi connectivity index (χ1n) is 11.4. The molecule has 0 aliphatic heterocycles. The predicted molar refractivity (Wildman–Crippen MR) is 137 cm³/mol. The molecule has 1 amide bonds. The van der Waals surface area contributed by atoms with Gasteiger partial charge in [-0.3, -0.25) is 9.78 Å². The Morgan fingerprint density at radius 2 is 1.29 bits per heavy atom. The summed E-state index contributed by atoms with van der Waals surface area (Å²) in [6.45, 7) is 4.21. The Labute approximate surface area is 200 Å². The number of fused-ring (bicyclic) bond motifs is 1. The molecule has 0 bridgehead atoms. The zero-order chi connectivity index (χ0) is 24.1. The zero-order valence-corrected chi connectivity index (χ0v) is 20.0. The number of carbonyl (C=O) groups is 1. The molecule has 1 heterocycles. The van der Waals surface area contributed by atoms with Gasteiger partial charge in [0.15, 0.2) is 0 Å². The van der Waals surface area contributed by atoms with Crippen LogP contribution in [0, 0.1) is 5.92 Å². The minimum absolute atomic E-state index is 0.0362. The van der Waals surface area contributed by atoms with E-state index in [2.05, 4.69) is 24.1 Å². The molecule has 0 aliphatic rings. The minimum atomic E-state index is -0.319. The second kappa shape index (κ2) is 10.4. The third-order valence-electron chi connectivity index (χ3n) is 6.55. The third-order valence-corrected chi connectivity index (χ3v) is 6.55. The average molecular weight is 455 g/mol. The number of amides is 1. The van der Waals surface area contributed by atoms with E-state index in [1.54, 1.807) is 20.4 Å². The van der Waals surface area contributed by atoms with Gasteiger partial charge in [-0.15, -0.1) is 0 Å². The van der Waals surface area contributed by atoms with Crippen LogP contribution in [0.15, 0.2) is 85.1 Å². The van der Waals surface area contributed by atoms with Crippen molar-refractivity contribution in [2.75, 3.05) is 19.5 Å². The number of nitrogens with one attached hydrogen (secondary N) is 1. The molecule has 3 aromatic carbocycles. The molecule has 3 atom stereocenters. The van der Waals surface area contributed by atoms with Gasteiger partial charge in [-0.25, -0.2) is 0 Å². The maximum Gasteiger partial charge on any atom is 0.228 e. The Morgan fingerprint density at radius 1 is 0.765 bits per heavy atom. The van der Waals surface area contributed by atoms with E-state index < -0.39 is 0 Å². The lowest BCUT2D eigenvalue weighted by Gasteiger charge is -2.30. The molecule has 1 N–H and O–H groups in total. The van der Waals surface area contributed by atoms with E-state index in [9.17, 15) is 4.79 Å². The van der Waals surface area contributed by atoms with Gasteiger partial charge in [0.25, 0.3) is 0 Å². The van der Waals surface area contributed by atoms with Gasteiger partial charge < -0.3 is 14.8 Å². The summed E-state index contributed by atoms with van der Waals surface area (Å²) in [5.74, 6) is 1.16. The molecule has 0 saturated carbocycles. The summed E-state index contributed by atoms with van der Waals surface area (Å²) >= 11 is 0. The van der Waals surface area contributed by atoms with Crippen LogP contribution in [0.4, 0.5) is 5.69 Å². The molecule has 5 nitrogen and oxygen atoms in total. The number of hydrogen-bond donors (Lipinski definition) is 1. The van der Waals surface area contributed by atoms with Crippen molar-refractivity contribution in [2.45, 2.75) is 25.7 Å². The van der Waals surface area contributed by atoms with E-state index in [1.807, 2.05) is 78.9 Å². The highest BCUT2D eigenvalue weighted by atomic mass is 16.5. The fourth-order valence-electron chi connectivity index (χ4n) is 4.54. The lowest BCUT2D eigenvalue weighted by molar-refractivity contribution is -0.121. The van der Waals surface area contributed by atoms with Crippen molar-refractivity contribution in [3.63, 3.8) is 0 Å². The molecular formula is C29H30N2O3. The number of pyridine rings is 1. The molecule has 4 rings (SSSR count). The topological polar surface area (TPSA) is 60.5 Å². The van der Waals surface area contributed by atoms with E-state index in [1.165, 1.54) is 0 Å². The molecule has 1 aromatic heterocycles. The lowest BCUT2D eigenvalue weighted by Crippen LogP contribution is -2.31. The molecular weight excluding hydrogens is 424 g/mol. The number of nitrogens with zero attached hydrogens (tertiary/aromatic N) is 1. The summed E-state index contributed by atoms with van der Waals surface area (Å²) in [6, 6.07) is 25.6. The summed E-state index contributed by atoms with van der Waals surface area (Å²) in [5.41, 5.74) is 3.66. The Hall–Kier alpha value is -3.86. The van der Waals surface area contributed by atoms with E-state index in [4.69, 9.17) is 9.47 Å². The first-order chi connectivity index (χ1) is 16.5. The van der Waals surface area contributed by atoms with Crippen LogP contribution >= 0.6 is 0 Å². The first kappa shape index (κ1) is 23.3. The predicted octanol–water partition coefficient (Wildman–Crippen LogP) is 6.41. The van der Waals surface area contributed by atoms with Gasteiger partial charge in [0, 0.05) is 11.6 Å². The highest BCUT2D eigenvalue weighted by Crippen LogP contribution is 2.38. The van der Waals surface area contributed by atoms with Gasteiger partial charge in [-0.2, -0.15) is 0 Å². The lowest BCUT2D eigenvalue weighted by atomic mass is 9.76. The van der Waals surface area contributed by atoms with Crippen molar-refractivity contribution in [1.82, 2.24) is 4.98 Å². The van der Waals surface area contributed by atoms with Crippen molar-refractivity contribution in [3.05, 3.63) is 96.2 Å². The van der Waals surface area contributed by atoms with Crippen molar-refractivity contribution in [3.8, 4) is 11.5 Å². The van der Waals surface area contributed by atoms with Crippen molar-refractivity contribution >= 4 is 22.5 Å². The van der Waals surface area contributed by atoms with Crippen LogP contribution in [0.1, 0.15) is 36.8 Å². The Balaban J connectivity index is 1.69. The van der Waals surface area contributed by atoms with Gasteiger partial charge in [0.2, 0.25) is 5.91 Å². The van der Waals surface area contributed by atoms with E-state index >= 15 is 0 Å². The fourth-order valence-corrected chi connectivity index (χ4v) is 4.54. The molecule has 174 valence electrons. The average Bonchev–Trinajstić information content (AvgIpc) is 2.89. The summed E-state index contributed by atoms with van der Waals surface area (Å²) in [7, 11) is 3.30. The van der Waals surface area contributed by atoms with Crippen LogP contribution in [0.5, 0.6) is 11.5 Å². The van der Waals surface area contributed by atoms with Crippen LogP contribution in [-0.2, 0) is 4.79 Å². The van der Waals surface area contributed by atoms with Gasteiger partial charge in [-0.05, 0) is 59.4 Å². The van der Waals surface area contributed by atoms with Gasteiger partial charge in [0.05, 0.1) is 31.3 Å². The van der Waals surface area contributed by atoms with Crippen molar-refractivity contribution in [2.24, 2.45) is 5.92 Å². The molecule has 34 heavy (non-hydrogen) atoms. The monoisotopic (exact) mass is 454 g/mol. The third kappa shape index (κ3) is 4.88. The van der Waals surface area contributed by atoms with Gasteiger partial charge >= 0.3 is 0 Å². The molecule has 5 heteroatoms. The molecule has 0 aliphatic carbocycles. The Bertz CT molecular complexity index is 1190. The summed E-state index contributed by atoms with van der Waals surface area (Å²) in [4.78, 5) is 18.3. The number of carbonyl (C=O) groups excluding carboxylic acids is 1. The smallest absolute Gasteiger partial charge is 0.228 e. The molecule has 0 fully saturated rings. The van der Waals surface area contributed by atoms with E-state index in [0.29, 0.717) is 0 Å². The standard InChI is InChI=1S/C29H30N2O3/c1-19(21-10-14-24(33-3)15-11-21)27(20(2)22-12-16-25(34-4)17-13-22)29(32)31-26-9-5-7-23-8-6-18-30-28(23)26/h5-20,27H,1-4H3,(H,31,32)/t19-,20+,27?. The Morgan fingerprint density at radius 3 is 1.82 bits per heavy atom. The number of benzene rings is 3. The maximum atomic E-state index is 13.8. The number of aromatic nitrogens is 1. The number of rotatable bonds is 8. The summed E-state index contributed by atoms with van der Waals surface area (Å²) < 4.78 is 10.6. The van der Waals surface area contributed by atoms with Gasteiger partial charge in [-0.1, -0.05) is 56.3 Å². The quantitative estimate of drug-likeness (QED) is 0.334. The van der Waals surface area contributed by atoms with E-state index in [-0.39, 0.29) is 23.7 Å². The minimum Gasteiger partial charge on any atom is -0.497 e. The number of hydrogen-bond acceptors (Lipinski definition) is 4. The first-order valence-corrected chi connectivity index (χ1v) is 11.4. The van der Waals surface area contributed by atoms with Crippen molar-refractivity contribution < 1.29 is 14.3 Å². The number of ether oxygens (including phenoxy) is 2. The maximum absolute atomic E-state index is 13.8. The largest absolute Gasteiger partial charge is 0.497 e. The van der Waals surface area contributed by atoms with Crippen LogP contribution in [0.2, 0.25) is 0 Å². The second-order valence-corrected chi connectivity index (χ2v) is 8.52. The fraction of sp³-hybridized carbons (Fsp3) is 0.241. The molecule has 0 radical (unpaired) electrons. The van der Waals surface area contributed by atoms with Crippen molar-refractivity contribution in [1.29, 1.82) is 0 Å². The number of anilines is 1. The molecule has 1 unspecified atom stereocenters. The van der Waals surface area contributed by atoms with Crippen LogP contribution in [0.25, 0.3) is 10.9 Å². The van der Waals surface area contributed by atoms with E-state index in [0.717, 1.165) is 39.2 Å². The molecule has 4 aromatic rings. The molecule has 0 saturated heterocycles. The normalized spacial score (nSPS) is 13.6.